The lowest BCUT2D eigenvalue weighted by molar-refractivity contribution is 0.197. The highest BCUT2D eigenvalue weighted by Crippen LogP contribution is 2.40. The standard InChI is InChI=1S/C25H21BrClN5O6S/c1-35-19-7-8-20(27)21(13-19)38-22-23(32-39(33,34)12-9-17-5-3-2-4-6-17)30-16-31-24(22)36-10-11-37-25-28-14-18(26)15-29-25/h2-9,12-16H,10-11H2,1H3,(H,30,31,32)/b12-9-. The molecule has 0 saturated heterocycles. The lowest BCUT2D eigenvalue weighted by Crippen LogP contribution is -2.14. The van der Waals surface area contributed by atoms with E-state index in [1.54, 1.807) is 48.8 Å². The molecule has 0 saturated carbocycles. The Morgan fingerprint density at radius 2 is 1.74 bits per heavy atom. The van der Waals surface area contributed by atoms with Crippen LogP contribution in [0, 0.1) is 0 Å². The molecule has 0 radical (unpaired) electrons. The number of hydrogen-bond donors (Lipinski definition) is 1. The molecule has 0 bridgehead atoms. The van der Waals surface area contributed by atoms with Gasteiger partial charge in [-0.2, -0.15) is 4.98 Å². The highest BCUT2D eigenvalue weighted by atomic mass is 79.9. The summed E-state index contributed by atoms with van der Waals surface area (Å²) in [6.07, 6.45) is 5.67. The van der Waals surface area contributed by atoms with Gasteiger partial charge in [-0.1, -0.05) is 41.9 Å². The lowest BCUT2D eigenvalue weighted by atomic mass is 10.2. The molecule has 0 fully saturated rings. The maximum Gasteiger partial charge on any atom is 0.316 e. The Labute approximate surface area is 238 Å². The summed E-state index contributed by atoms with van der Waals surface area (Å²) in [4.78, 5) is 16.2. The van der Waals surface area contributed by atoms with Crippen molar-refractivity contribution >= 4 is 49.4 Å². The quantitative estimate of drug-likeness (QED) is 0.203. The molecule has 39 heavy (non-hydrogen) atoms. The Hall–Kier alpha value is -3.94. The van der Waals surface area contributed by atoms with Crippen molar-refractivity contribution in [2.75, 3.05) is 25.0 Å². The van der Waals surface area contributed by atoms with Gasteiger partial charge in [0, 0.05) is 18.5 Å². The molecule has 0 aliphatic heterocycles. The fourth-order valence-corrected chi connectivity index (χ4v) is 4.15. The number of anilines is 1. The smallest absolute Gasteiger partial charge is 0.316 e. The molecule has 0 atom stereocenters. The second kappa shape index (κ2) is 13.2. The summed E-state index contributed by atoms with van der Waals surface area (Å²) in [5, 5.41) is 1.25. The number of nitrogens with one attached hydrogen (secondary N) is 1. The molecule has 1 N–H and O–H groups in total. The van der Waals surface area contributed by atoms with E-state index in [1.165, 1.54) is 19.3 Å². The van der Waals surface area contributed by atoms with E-state index in [-0.39, 0.29) is 47.4 Å². The Bertz CT molecular complexity index is 1540. The van der Waals surface area contributed by atoms with E-state index in [1.807, 2.05) is 6.07 Å². The molecule has 11 nitrogen and oxygen atoms in total. The van der Waals surface area contributed by atoms with Crippen LogP contribution in [0.4, 0.5) is 5.82 Å². The van der Waals surface area contributed by atoms with Gasteiger partial charge in [-0.05, 0) is 39.7 Å². The van der Waals surface area contributed by atoms with Crippen molar-refractivity contribution in [3.05, 3.63) is 87.7 Å². The second-order valence-corrected chi connectivity index (χ2v) is 10.4. The predicted octanol–water partition coefficient (Wildman–Crippen LogP) is 5.35. The average Bonchev–Trinajstić information content (AvgIpc) is 2.94. The van der Waals surface area contributed by atoms with E-state index in [9.17, 15) is 8.42 Å². The molecule has 0 aliphatic rings. The first-order chi connectivity index (χ1) is 18.8. The summed E-state index contributed by atoms with van der Waals surface area (Å²) in [7, 11) is -2.52. The minimum absolute atomic E-state index is 0.00125. The zero-order valence-electron chi connectivity index (χ0n) is 20.3. The highest BCUT2D eigenvalue weighted by molar-refractivity contribution is 9.10. The van der Waals surface area contributed by atoms with Gasteiger partial charge in [0.1, 0.15) is 31.0 Å². The monoisotopic (exact) mass is 633 g/mol. The summed E-state index contributed by atoms with van der Waals surface area (Å²) in [5.74, 6) is 0.270. The number of ether oxygens (including phenoxy) is 4. The van der Waals surface area contributed by atoms with Gasteiger partial charge in [0.15, 0.2) is 5.82 Å². The first-order valence-corrected chi connectivity index (χ1v) is 13.9. The average molecular weight is 635 g/mol. The summed E-state index contributed by atoms with van der Waals surface area (Å²) in [6.45, 7) is 0.0601. The van der Waals surface area contributed by atoms with Gasteiger partial charge in [0.25, 0.3) is 15.9 Å². The molecule has 2 heterocycles. The van der Waals surface area contributed by atoms with Crippen LogP contribution >= 0.6 is 27.5 Å². The number of benzene rings is 2. The third kappa shape index (κ3) is 8.27. The predicted molar refractivity (Wildman–Crippen MR) is 149 cm³/mol. The van der Waals surface area contributed by atoms with Crippen molar-refractivity contribution in [1.82, 2.24) is 19.9 Å². The normalized spacial score (nSPS) is 11.3. The number of rotatable bonds is 12. The zero-order valence-corrected chi connectivity index (χ0v) is 23.5. The van der Waals surface area contributed by atoms with Crippen LogP contribution in [-0.4, -0.2) is 48.7 Å². The van der Waals surface area contributed by atoms with Gasteiger partial charge in [-0.15, -0.1) is 0 Å². The molecule has 0 aliphatic carbocycles. The molecule has 0 spiro atoms. The number of hydrogen-bond acceptors (Lipinski definition) is 10. The van der Waals surface area contributed by atoms with Crippen molar-refractivity contribution in [2.24, 2.45) is 0 Å². The first-order valence-electron chi connectivity index (χ1n) is 11.2. The number of aromatic nitrogens is 4. The molecule has 4 aromatic rings. The van der Waals surface area contributed by atoms with Crippen LogP contribution in [-0.2, 0) is 10.0 Å². The van der Waals surface area contributed by atoms with E-state index in [0.717, 1.165) is 11.7 Å². The molecule has 2 aromatic heterocycles. The van der Waals surface area contributed by atoms with Crippen molar-refractivity contribution < 1.29 is 27.4 Å². The number of nitrogens with zero attached hydrogens (tertiary/aromatic N) is 4. The van der Waals surface area contributed by atoms with Crippen LogP contribution in [0.2, 0.25) is 5.02 Å². The number of sulfonamides is 1. The van der Waals surface area contributed by atoms with Crippen molar-refractivity contribution in [3.63, 3.8) is 0 Å². The Kier molecular flexibility index (Phi) is 9.52. The lowest BCUT2D eigenvalue weighted by Gasteiger charge is -2.16. The fourth-order valence-electron chi connectivity index (χ4n) is 2.97. The minimum atomic E-state index is -4.01. The van der Waals surface area contributed by atoms with Gasteiger partial charge in [-0.3, -0.25) is 4.72 Å². The van der Waals surface area contributed by atoms with Crippen molar-refractivity contribution in [3.8, 4) is 29.1 Å². The van der Waals surface area contributed by atoms with Crippen LogP contribution in [0.15, 0.2) is 77.1 Å². The van der Waals surface area contributed by atoms with Crippen LogP contribution in [0.25, 0.3) is 6.08 Å². The van der Waals surface area contributed by atoms with E-state index in [0.29, 0.717) is 15.8 Å². The van der Waals surface area contributed by atoms with Gasteiger partial charge < -0.3 is 18.9 Å². The second-order valence-electron chi connectivity index (χ2n) is 7.50. The summed E-state index contributed by atoms with van der Waals surface area (Å²) in [5.41, 5.74) is 0.698. The molecule has 14 heteroatoms. The van der Waals surface area contributed by atoms with Crippen molar-refractivity contribution in [2.45, 2.75) is 0 Å². The van der Waals surface area contributed by atoms with Gasteiger partial charge in [0.2, 0.25) is 5.75 Å². The SMILES string of the molecule is COc1ccc(Cl)c(Oc2c(NS(=O)(=O)/C=C\c3ccccc3)ncnc2OCCOc2ncc(Br)cn2)c1. The number of methoxy groups -OCH3 is 1. The van der Waals surface area contributed by atoms with Gasteiger partial charge in [0.05, 0.1) is 22.0 Å². The van der Waals surface area contributed by atoms with Crippen LogP contribution < -0.4 is 23.7 Å². The Balaban J connectivity index is 1.58. The summed E-state index contributed by atoms with van der Waals surface area (Å²) in [6, 6.07) is 13.9. The topological polar surface area (TPSA) is 135 Å². The summed E-state index contributed by atoms with van der Waals surface area (Å²) < 4.78 is 51.2. The Morgan fingerprint density at radius 1 is 1.00 bits per heavy atom. The van der Waals surface area contributed by atoms with E-state index < -0.39 is 10.0 Å². The zero-order chi connectivity index (χ0) is 27.7. The van der Waals surface area contributed by atoms with Crippen LogP contribution in [0.5, 0.6) is 29.1 Å². The van der Waals surface area contributed by atoms with E-state index in [2.05, 4.69) is 40.6 Å². The molecule has 202 valence electrons. The van der Waals surface area contributed by atoms with Crippen LogP contribution in [0.3, 0.4) is 0 Å². The third-order valence-electron chi connectivity index (χ3n) is 4.75. The molecular formula is C25H21BrClN5O6S. The molecule has 4 rings (SSSR count). The molecule has 0 amide bonds. The van der Waals surface area contributed by atoms with Gasteiger partial charge >= 0.3 is 6.01 Å². The minimum Gasteiger partial charge on any atom is -0.497 e. The molecule has 0 unspecified atom stereocenters. The van der Waals surface area contributed by atoms with E-state index in [4.69, 9.17) is 30.5 Å². The highest BCUT2D eigenvalue weighted by Gasteiger charge is 2.21. The maximum atomic E-state index is 12.9. The largest absolute Gasteiger partial charge is 0.497 e. The van der Waals surface area contributed by atoms with E-state index >= 15 is 0 Å². The third-order valence-corrected chi connectivity index (χ3v) is 6.44. The summed E-state index contributed by atoms with van der Waals surface area (Å²) >= 11 is 9.57. The first kappa shape index (κ1) is 28.1. The van der Waals surface area contributed by atoms with Gasteiger partial charge in [-0.25, -0.2) is 23.4 Å². The maximum absolute atomic E-state index is 12.9. The Morgan fingerprint density at radius 3 is 2.49 bits per heavy atom. The molecule has 2 aromatic carbocycles. The van der Waals surface area contributed by atoms with Crippen molar-refractivity contribution in [1.29, 1.82) is 0 Å². The molecular weight excluding hydrogens is 614 g/mol. The number of halogens is 2. The fraction of sp³-hybridized carbons (Fsp3) is 0.120. The van der Waals surface area contributed by atoms with Crippen LogP contribution in [0.1, 0.15) is 5.56 Å².